The van der Waals surface area contributed by atoms with Gasteiger partial charge >= 0.3 is 6.03 Å². The first-order valence-electron chi connectivity index (χ1n) is 9.60. The first-order chi connectivity index (χ1) is 13.0. The molecule has 0 aliphatic carbocycles. The summed E-state index contributed by atoms with van der Waals surface area (Å²) in [5.74, 6) is 0.954. The summed E-state index contributed by atoms with van der Waals surface area (Å²) in [6, 6.07) is 6.05. The quantitative estimate of drug-likeness (QED) is 0.868. The third kappa shape index (κ3) is 3.69. The number of hydrogen-bond donors (Lipinski definition) is 2. The number of anilines is 1. The summed E-state index contributed by atoms with van der Waals surface area (Å²) in [7, 11) is 0. The normalized spacial score (nSPS) is 24.0. The van der Waals surface area contributed by atoms with Gasteiger partial charge in [0.25, 0.3) is 0 Å². The second-order valence-corrected chi connectivity index (χ2v) is 7.67. The number of benzene rings is 1. The van der Waals surface area contributed by atoms with Crippen LogP contribution in [0.1, 0.15) is 24.2 Å². The highest BCUT2D eigenvalue weighted by molar-refractivity contribution is 5.90. The molecule has 3 aliphatic rings. The SMILES string of the molecule is Cc1nn(-c2cccc(F)c2)c(C)c1NC(=O)NCC1CN2CCC1CC2. The second kappa shape index (κ2) is 7.31. The van der Waals surface area contributed by atoms with Crippen LogP contribution < -0.4 is 10.6 Å². The van der Waals surface area contributed by atoms with Crippen molar-refractivity contribution in [2.45, 2.75) is 26.7 Å². The van der Waals surface area contributed by atoms with Gasteiger partial charge in [0, 0.05) is 13.1 Å². The molecule has 1 aromatic heterocycles. The predicted molar refractivity (Wildman–Crippen MR) is 103 cm³/mol. The lowest BCUT2D eigenvalue weighted by Gasteiger charge is -2.44. The van der Waals surface area contributed by atoms with Crippen LogP contribution in [-0.2, 0) is 0 Å². The van der Waals surface area contributed by atoms with E-state index in [-0.39, 0.29) is 11.8 Å². The van der Waals surface area contributed by atoms with Crippen LogP contribution in [-0.4, -0.2) is 46.9 Å². The Balaban J connectivity index is 1.41. The van der Waals surface area contributed by atoms with Crippen LogP contribution in [0.4, 0.5) is 14.9 Å². The minimum absolute atomic E-state index is 0.212. The fraction of sp³-hybridized carbons (Fsp3) is 0.500. The van der Waals surface area contributed by atoms with Crippen molar-refractivity contribution in [2.75, 3.05) is 31.5 Å². The number of halogens is 1. The molecule has 4 heterocycles. The van der Waals surface area contributed by atoms with Crippen molar-refractivity contribution in [1.82, 2.24) is 20.0 Å². The number of nitrogens with one attached hydrogen (secondary N) is 2. The summed E-state index contributed by atoms with van der Waals surface area (Å²) in [6.45, 7) is 7.89. The predicted octanol–water partition coefficient (Wildman–Crippen LogP) is 3.09. The summed E-state index contributed by atoms with van der Waals surface area (Å²) in [6.07, 6.45) is 2.49. The average Bonchev–Trinajstić information content (AvgIpc) is 2.95. The third-order valence-electron chi connectivity index (χ3n) is 5.90. The zero-order valence-corrected chi connectivity index (χ0v) is 15.8. The number of aromatic nitrogens is 2. The van der Waals surface area contributed by atoms with Gasteiger partial charge in [-0.05, 0) is 69.8 Å². The molecule has 1 unspecified atom stereocenters. The summed E-state index contributed by atoms with van der Waals surface area (Å²) in [4.78, 5) is 14.9. The molecule has 1 aromatic carbocycles. The van der Waals surface area contributed by atoms with Crippen molar-refractivity contribution < 1.29 is 9.18 Å². The molecule has 2 amide bonds. The zero-order chi connectivity index (χ0) is 19.0. The molecule has 6 nitrogen and oxygen atoms in total. The topological polar surface area (TPSA) is 62.2 Å². The lowest BCUT2D eigenvalue weighted by atomic mass is 9.79. The van der Waals surface area contributed by atoms with E-state index < -0.39 is 0 Å². The molecule has 3 fully saturated rings. The third-order valence-corrected chi connectivity index (χ3v) is 5.90. The van der Waals surface area contributed by atoms with Crippen molar-refractivity contribution in [1.29, 1.82) is 0 Å². The molecule has 2 bridgehead atoms. The Morgan fingerprint density at radius 1 is 1.30 bits per heavy atom. The van der Waals surface area contributed by atoms with Crippen LogP contribution in [0.25, 0.3) is 5.69 Å². The second-order valence-electron chi connectivity index (χ2n) is 7.67. The molecule has 1 atom stereocenters. The number of nitrogens with zero attached hydrogens (tertiary/aromatic N) is 3. The van der Waals surface area contributed by atoms with E-state index in [0.717, 1.165) is 18.2 Å². The van der Waals surface area contributed by atoms with Gasteiger partial charge in [0.1, 0.15) is 5.82 Å². The van der Waals surface area contributed by atoms with Gasteiger partial charge in [-0.25, -0.2) is 13.9 Å². The fourth-order valence-corrected chi connectivity index (χ4v) is 4.38. The Morgan fingerprint density at radius 2 is 2.07 bits per heavy atom. The Morgan fingerprint density at radius 3 is 2.74 bits per heavy atom. The molecular formula is C20H26FN5O. The molecule has 7 heteroatoms. The number of carbonyl (C=O) groups is 1. The number of hydrogen-bond acceptors (Lipinski definition) is 3. The van der Waals surface area contributed by atoms with Gasteiger partial charge < -0.3 is 15.5 Å². The molecule has 0 saturated carbocycles. The van der Waals surface area contributed by atoms with Crippen molar-refractivity contribution in [2.24, 2.45) is 11.8 Å². The van der Waals surface area contributed by atoms with E-state index in [4.69, 9.17) is 0 Å². The number of aryl methyl sites for hydroxylation is 1. The Hall–Kier alpha value is -2.41. The van der Waals surface area contributed by atoms with Gasteiger partial charge in [-0.3, -0.25) is 0 Å². The van der Waals surface area contributed by atoms with Crippen LogP contribution in [0, 0.1) is 31.5 Å². The lowest BCUT2D eigenvalue weighted by molar-refractivity contribution is 0.0525. The van der Waals surface area contributed by atoms with E-state index in [0.29, 0.717) is 29.5 Å². The van der Waals surface area contributed by atoms with Gasteiger partial charge in [0.15, 0.2) is 0 Å². The highest BCUT2D eigenvalue weighted by Gasteiger charge is 2.34. The van der Waals surface area contributed by atoms with Crippen LogP contribution in [0.15, 0.2) is 24.3 Å². The summed E-state index contributed by atoms with van der Waals surface area (Å²) in [5, 5.41) is 10.4. The van der Waals surface area contributed by atoms with Gasteiger partial charge in [-0.1, -0.05) is 6.07 Å². The van der Waals surface area contributed by atoms with Gasteiger partial charge in [-0.15, -0.1) is 0 Å². The molecule has 0 radical (unpaired) electrons. The number of piperidine rings is 3. The molecular weight excluding hydrogens is 345 g/mol. The molecule has 2 N–H and O–H groups in total. The van der Waals surface area contributed by atoms with Crippen molar-refractivity contribution in [3.63, 3.8) is 0 Å². The summed E-state index contributed by atoms with van der Waals surface area (Å²) >= 11 is 0. The molecule has 3 aliphatic heterocycles. The lowest BCUT2D eigenvalue weighted by Crippen LogP contribution is -2.51. The smallest absolute Gasteiger partial charge is 0.319 e. The van der Waals surface area contributed by atoms with E-state index in [1.165, 1.54) is 38.1 Å². The fourth-order valence-electron chi connectivity index (χ4n) is 4.38. The standard InChI is InChI=1S/C20H26FN5O/c1-13-19(14(2)26(24-13)18-5-3-4-17(21)10-18)23-20(27)22-11-16-12-25-8-6-15(16)7-9-25/h3-5,10,15-16H,6-9,11-12H2,1-2H3,(H2,22,23,27). The van der Waals surface area contributed by atoms with Crippen LogP contribution in [0.2, 0.25) is 0 Å². The van der Waals surface area contributed by atoms with E-state index in [1.807, 2.05) is 13.8 Å². The van der Waals surface area contributed by atoms with Crippen LogP contribution in [0.3, 0.4) is 0 Å². The van der Waals surface area contributed by atoms with Crippen LogP contribution in [0.5, 0.6) is 0 Å². The highest BCUT2D eigenvalue weighted by Crippen LogP contribution is 2.31. The van der Waals surface area contributed by atoms with Gasteiger partial charge in [-0.2, -0.15) is 5.10 Å². The van der Waals surface area contributed by atoms with Crippen molar-refractivity contribution >= 4 is 11.7 Å². The Kier molecular flexibility index (Phi) is 4.86. The number of fused-ring (bicyclic) bond motifs is 3. The minimum atomic E-state index is -0.315. The highest BCUT2D eigenvalue weighted by atomic mass is 19.1. The number of rotatable bonds is 4. The molecule has 144 valence electrons. The molecule has 5 rings (SSSR count). The van der Waals surface area contributed by atoms with E-state index in [1.54, 1.807) is 16.8 Å². The molecule has 27 heavy (non-hydrogen) atoms. The molecule has 0 spiro atoms. The number of carbonyl (C=O) groups excluding carboxylic acids is 1. The maximum absolute atomic E-state index is 13.5. The monoisotopic (exact) mass is 371 g/mol. The summed E-state index contributed by atoms with van der Waals surface area (Å²) in [5.41, 5.74) is 2.79. The average molecular weight is 371 g/mol. The van der Waals surface area contributed by atoms with Crippen molar-refractivity contribution in [3.8, 4) is 5.69 Å². The van der Waals surface area contributed by atoms with Gasteiger partial charge in [0.2, 0.25) is 0 Å². The van der Waals surface area contributed by atoms with E-state index in [9.17, 15) is 9.18 Å². The molecule has 3 saturated heterocycles. The summed E-state index contributed by atoms with van der Waals surface area (Å²) < 4.78 is 15.2. The molecule has 2 aromatic rings. The Bertz CT molecular complexity index is 841. The Labute approximate surface area is 158 Å². The van der Waals surface area contributed by atoms with Crippen LogP contribution >= 0.6 is 0 Å². The largest absolute Gasteiger partial charge is 0.338 e. The first kappa shape index (κ1) is 18.0. The van der Waals surface area contributed by atoms with E-state index >= 15 is 0 Å². The number of amides is 2. The minimum Gasteiger partial charge on any atom is -0.338 e. The maximum Gasteiger partial charge on any atom is 0.319 e. The van der Waals surface area contributed by atoms with Gasteiger partial charge in [0.05, 0.1) is 22.8 Å². The maximum atomic E-state index is 13.5. The zero-order valence-electron chi connectivity index (χ0n) is 15.8. The first-order valence-corrected chi connectivity index (χ1v) is 9.60. The van der Waals surface area contributed by atoms with Crippen molar-refractivity contribution in [3.05, 3.63) is 41.5 Å². The van der Waals surface area contributed by atoms with E-state index in [2.05, 4.69) is 20.6 Å². The number of urea groups is 1.